The molecule has 1 heterocycles. The van der Waals surface area contributed by atoms with Gasteiger partial charge >= 0.3 is 11.9 Å². The van der Waals surface area contributed by atoms with Crippen molar-refractivity contribution in [2.24, 2.45) is 17.6 Å². The molecule has 20 heteroatoms. The van der Waals surface area contributed by atoms with Crippen LogP contribution >= 0.6 is 12.6 Å². The number of thiol groups is 1. The molecular weight excluding hydrogens is 728 g/mol. The van der Waals surface area contributed by atoms with Gasteiger partial charge in [0.05, 0.1) is 25.6 Å². The average molecular weight is 779 g/mol. The average Bonchev–Trinajstić information content (AvgIpc) is 3.53. The number of hydrogen-bond donors (Lipinski definition) is 12. The molecule has 2 rings (SSSR count). The lowest BCUT2D eigenvalue weighted by Crippen LogP contribution is -2.61. The van der Waals surface area contributed by atoms with Crippen LogP contribution in [0, 0.1) is 11.8 Å². The largest absolute Gasteiger partial charge is 0.481 e. The summed E-state index contributed by atoms with van der Waals surface area (Å²) in [5.74, 6) is -9.10. The molecule has 2 aromatic rings. The summed E-state index contributed by atoms with van der Waals surface area (Å²) in [4.78, 5) is 104. The minimum Gasteiger partial charge on any atom is -0.481 e. The van der Waals surface area contributed by atoms with Crippen LogP contribution in [0.3, 0.4) is 0 Å². The van der Waals surface area contributed by atoms with Gasteiger partial charge in [-0.2, -0.15) is 12.6 Å². The van der Waals surface area contributed by atoms with Crippen molar-refractivity contribution in [2.75, 3.05) is 18.9 Å². The molecular formula is C34H50N8O11S. The number of fused-ring (bicyclic) bond motifs is 1. The minimum absolute atomic E-state index is 0.0883. The number of carbonyl (C=O) groups excluding carboxylic acids is 6. The van der Waals surface area contributed by atoms with Crippen molar-refractivity contribution in [1.82, 2.24) is 36.9 Å². The van der Waals surface area contributed by atoms with Crippen molar-refractivity contribution in [3.8, 4) is 0 Å². The van der Waals surface area contributed by atoms with Gasteiger partial charge in [0.1, 0.15) is 30.2 Å². The van der Waals surface area contributed by atoms with E-state index in [0.717, 1.165) is 10.9 Å². The summed E-state index contributed by atoms with van der Waals surface area (Å²) < 4.78 is 0. The fourth-order valence-electron chi connectivity index (χ4n) is 5.20. The van der Waals surface area contributed by atoms with Crippen LogP contribution in [0.25, 0.3) is 10.9 Å². The number of hydrogen-bond acceptors (Lipinski definition) is 11. The molecule has 0 radical (unpaired) electrons. The number of carboxylic acids is 2. The van der Waals surface area contributed by atoms with Gasteiger partial charge in [0.15, 0.2) is 0 Å². The predicted molar refractivity (Wildman–Crippen MR) is 198 cm³/mol. The number of aliphatic hydroxyl groups excluding tert-OH is 1. The molecule has 7 atom stereocenters. The highest BCUT2D eigenvalue weighted by Crippen LogP contribution is 2.19. The highest BCUT2D eigenvalue weighted by atomic mass is 32.1. The van der Waals surface area contributed by atoms with E-state index in [1.165, 1.54) is 0 Å². The molecule has 0 unspecified atom stereocenters. The van der Waals surface area contributed by atoms with Crippen molar-refractivity contribution < 1.29 is 53.7 Å². The Morgan fingerprint density at radius 2 is 1.39 bits per heavy atom. The molecule has 54 heavy (non-hydrogen) atoms. The molecule has 0 aliphatic heterocycles. The first-order valence-corrected chi connectivity index (χ1v) is 17.8. The molecule has 19 nitrogen and oxygen atoms in total. The molecule has 12 N–H and O–H groups in total. The Kier molecular flexibility index (Phi) is 17.9. The van der Waals surface area contributed by atoms with Crippen LogP contribution in [-0.2, 0) is 44.8 Å². The number of amides is 6. The molecule has 0 spiro atoms. The fraction of sp³-hybridized carbons (Fsp3) is 0.529. The van der Waals surface area contributed by atoms with Gasteiger partial charge < -0.3 is 57.9 Å². The third-order valence-electron chi connectivity index (χ3n) is 8.56. The highest BCUT2D eigenvalue weighted by Gasteiger charge is 2.34. The van der Waals surface area contributed by atoms with Crippen LogP contribution in [0.5, 0.6) is 0 Å². The summed E-state index contributed by atoms with van der Waals surface area (Å²) in [6.07, 6.45) is 1.29. The maximum atomic E-state index is 13.5. The summed E-state index contributed by atoms with van der Waals surface area (Å²) in [5.41, 5.74) is 6.87. The number of benzene rings is 1. The number of aliphatic carboxylic acids is 2. The quantitative estimate of drug-likeness (QED) is 0.0565. The monoisotopic (exact) mass is 778 g/mol. The maximum absolute atomic E-state index is 13.5. The SMILES string of the molecule is CC[C@H](C)[C@H](NC(=O)CNC(=O)[C@@H](N)CC(=O)O)C(=O)N[C@@H](CS)C(=O)N[C@@H](CO)C(=O)N[C@@H](Cc1c[nH]c2ccccc12)C(=O)N[C@H](C(=O)O)C(C)C. The Morgan fingerprint density at radius 3 is 1.96 bits per heavy atom. The molecule has 1 aromatic heterocycles. The molecule has 1 aromatic carbocycles. The normalized spacial score (nSPS) is 15.0. The lowest BCUT2D eigenvalue weighted by Gasteiger charge is -2.27. The third-order valence-corrected chi connectivity index (χ3v) is 8.93. The Labute approximate surface area is 316 Å². The topological polar surface area (TPSA) is 311 Å². The Hall–Kier alpha value is -5.21. The molecule has 0 saturated heterocycles. The van der Waals surface area contributed by atoms with E-state index in [1.54, 1.807) is 52.1 Å². The molecule has 0 aliphatic carbocycles. The second kappa shape index (κ2) is 21.5. The van der Waals surface area contributed by atoms with Crippen LogP contribution in [0.1, 0.15) is 46.1 Å². The second-order valence-corrected chi connectivity index (χ2v) is 13.4. The smallest absolute Gasteiger partial charge is 0.326 e. The summed E-state index contributed by atoms with van der Waals surface area (Å²) in [7, 11) is 0. The van der Waals surface area contributed by atoms with E-state index in [0.29, 0.717) is 12.0 Å². The number of rotatable bonds is 22. The minimum atomic E-state index is -1.63. The van der Waals surface area contributed by atoms with Crippen molar-refractivity contribution >= 4 is 70.9 Å². The van der Waals surface area contributed by atoms with E-state index >= 15 is 0 Å². The van der Waals surface area contributed by atoms with Crippen molar-refractivity contribution in [2.45, 2.75) is 83.2 Å². The number of carboxylic acid groups (broad SMARTS) is 2. The molecule has 0 bridgehead atoms. The molecule has 298 valence electrons. The van der Waals surface area contributed by atoms with Gasteiger partial charge in [0.2, 0.25) is 35.4 Å². The number of carbonyl (C=O) groups is 8. The van der Waals surface area contributed by atoms with Crippen molar-refractivity contribution in [3.05, 3.63) is 36.0 Å². The highest BCUT2D eigenvalue weighted by molar-refractivity contribution is 7.80. The van der Waals surface area contributed by atoms with E-state index in [2.05, 4.69) is 49.5 Å². The van der Waals surface area contributed by atoms with E-state index in [4.69, 9.17) is 10.8 Å². The van der Waals surface area contributed by atoms with E-state index in [-0.39, 0.29) is 12.2 Å². The van der Waals surface area contributed by atoms with Crippen LogP contribution < -0.4 is 37.6 Å². The molecule has 0 fully saturated rings. The van der Waals surface area contributed by atoms with Gasteiger partial charge in [0, 0.05) is 29.3 Å². The first kappa shape index (κ1) is 44.9. The third kappa shape index (κ3) is 13.3. The van der Waals surface area contributed by atoms with Gasteiger partial charge in [0.25, 0.3) is 0 Å². The Morgan fingerprint density at radius 1 is 0.796 bits per heavy atom. The van der Waals surface area contributed by atoms with Gasteiger partial charge in [-0.25, -0.2) is 4.79 Å². The second-order valence-electron chi connectivity index (χ2n) is 13.0. The van der Waals surface area contributed by atoms with E-state index < -0.39 is 115 Å². The first-order chi connectivity index (χ1) is 25.4. The lowest BCUT2D eigenvalue weighted by molar-refractivity contribution is -0.143. The number of aliphatic hydroxyl groups is 1. The van der Waals surface area contributed by atoms with Gasteiger partial charge in [-0.3, -0.25) is 33.6 Å². The summed E-state index contributed by atoms with van der Waals surface area (Å²) in [6, 6.07) is -1.06. The van der Waals surface area contributed by atoms with Crippen LogP contribution in [0.4, 0.5) is 0 Å². The van der Waals surface area contributed by atoms with Crippen LogP contribution in [0.15, 0.2) is 30.5 Å². The van der Waals surface area contributed by atoms with Crippen LogP contribution in [0.2, 0.25) is 0 Å². The summed E-state index contributed by atoms with van der Waals surface area (Å²) in [5, 5.41) is 43.7. The fourth-order valence-corrected chi connectivity index (χ4v) is 5.45. The van der Waals surface area contributed by atoms with E-state index in [9.17, 15) is 48.6 Å². The zero-order chi connectivity index (χ0) is 40.7. The number of H-pyrrole nitrogens is 1. The zero-order valence-electron chi connectivity index (χ0n) is 30.4. The Bertz CT molecular complexity index is 1670. The maximum Gasteiger partial charge on any atom is 0.326 e. The molecule has 0 aliphatic rings. The number of para-hydroxylation sites is 1. The zero-order valence-corrected chi connectivity index (χ0v) is 31.3. The van der Waals surface area contributed by atoms with Gasteiger partial charge in [-0.05, 0) is 23.5 Å². The van der Waals surface area contributed by atoms with Gasteiger partial charge in [-0.1, -0.05) is 52.3 Å². The standard InChI is InChI=1S/C34H50N8O11S/c1-5-17(4)28(41-25(44)13-37-29(47)20(35)11-26(45)46)33(51)40-24(15-54)32(50)39-23(14-43)31(49)38-22(30(48)42-27(16(2)3)34(52)53)10-18-12-36-21-9-7-6-8-19(18)21/h6-9,12,16-17,20,22-24,27-28,36,43,54H,5,10-11,13-15,35H2,1-4H3,(H,37,47)(H,38,49)(H,39,50)(H,40,51)(H,41,44)(H,42,48)(H,45,46)(H,52,53)/t17-,20-,22-,23-,24-,27-,28-/m0/s1. The summed E-state index contributed by atoms with van der Waals surface area (Å²) in [6.45, 7) is 5.04. The first-order valence-electron chi connectivity index (χ1n) is 17.2. The number of nitrogens with one attached hydrogen (secondary N) is 7. The van der Waals surface area contributed by atoms with Crippen LogP contribution in [-0.4, -0.2) is 123 Å². The lowest BCUT2D eigenvalue weighted by atomic mass is 9.98. The molecule has 0 saturated carbocycles. The predicted octanol–water partition coefficient (Wildman–Crippen LogP) is -2.24. The Balaban J connectivity index is 2.18. The molecule has 6 amide bonds. The summed E-state index contributed by atoms with van der Waals surface area (Å²) >= 11 is 4.14. The van der Waals surface area contributed by atoms with Crippen molar-refractivity contribution in [1.29, 1.82) is 0 Å². The van der Waals surface area contributed by atoms with Crippen molar-refractivity contribution in [3.63, 3.8) is 0 Å². The van der Waals surface area contributed by atoms with E-state index in [1.807, 2.05) is 6.07 Å². The number of nitrogens with two attached hydrogens (primary N) is 1. The van der Waals surface area contributed by atoms with Gasteiger partial charge in [-0.15, -0.1) is 0 Å². The number of aromatic amines is 1. The number of aromatic nitrogens is 1.